The second-order valence-electron chi connectivity index (χ2n) is 4.13. The highest BCUT2D eigenvalue weighted by Gasteiger charge is 2.37. The third-order valence-corrected chi connectivity index (χ3v) is 3.39. The van der Waals surface area contributed by atoms with Gasteiger partial charge in [0.05, 0.1) is 10.8 Å². The topological polar surface area (TPSA) is 101 Å². The van der Waals surface area contributed by atoms with Crippen molar-refractivity contribution < 1.29 is 19.6 Å². The molecule has 0 aliphatic carbocycles. The lowest BCUT2D eigenvalue weighted by molar-refractivity contribution is -0.384. The Labute approximate surface area is 116 Å². The number of amides is 1. The molecule has 1 aliphatic rings. The fourth-order valence-electron chi connectivity index (χ4n) is 1.98. The number of nitro groups is 1. The molecule has 0 radical (unpaired) electrons. The van der Waals surface area contributed by atoms with E-state index in [0.29, 0.717) is 4.47 Å². The summed E-state index contributed by atoms with van der Waals surface area (Å²) in [4.78, 5) is 34.2. The van der Waals surface area contributed by atoms with Gasteiger partial charge in [-0.2, -0.15) is 0 Å². The molecule has 1 unspecified atom stereocenters. The van der Waals surface area contributed by atoms with E-state index >= 15 is 0 Å². The highest BCUT2D eigenvalue weighted by molar-refractivity contribution is 9.10. The number of hydrogen-bond donors (Lipinski definition) is 1. The molecule has 2 rings (SSSR count). The SMILES string of the molecule is O=C(O)C1CC(=O)N(c2ccc(Br)cc2[N+](=O)[O-])C1. The van der Waals surface area contributed by atoms with Crippen molar-refractivity contribution in [1.29, 1.82) is 0 Å². The highest BCUT2D eigenvalue weighted by atomic mass is 79.9. The number of benzene rings is 1. The number of carbonyl (C=O) groups excluding carboxylic acids is 1. The van der Waals surface area contributed by atoms with Gasteiger partial charge < -0.3 is 10.0 Å². The summed E-state index contributed by atoms with van der Waals surface area (Å²) in [6.45, 7) is -0.0450. The summed E-state index contributed by atoms with van der Waals surface area (Å²) < 4.78 is 0.518. The molecule has 19 heavy (non-hydrogen) atoms. The van der Waals surface area contributed by atoms with Gasteiger partial charge in [-0.05, 0) is 12.1 Å². The molecule has 8 heteroatoms. The van der Waals surface area contributed by atoms with E-state index in [9.17, 15) is 19.7 Å². The minimum atomic E-state index is -1.07. The van der Waals surface area contributed by atoms with E-state index in [1.807, 2.05) is 0 Å². The molecular weight excluding hydrogens is 320 g/mol. The maximum absolute atomic E-state index is 11.8. The van der Waals surface area contributed by atoms with Crippen molar-refractivity contribution in [3.05, 3.63) is 32.8 Å². The van der Waals surface area contributed by atoms with Gasteiger partial charge in [0.2, 0.25) is 5.91 Å². The van der Waals surface area contributed by atoms with Crippen LogP contribution >= 0.6 is 15.9 Å². The lowest BCUT2D eigenvalue weighted by Crippen LogP contribution is -2.26. The summed E-state index contributed by atoms with van der Waals surface area (Å²) in [5, 5.41) is 19.9. The summed E-state index contributed by atoms with van der Waals surface area (Å²) in [5.74, 6) is -2.32. The van der Waals surface area contributed by atoms with E-state index < -0.39 is 22.7 Å². The highest BCUT2D eigenvalue weighted by Crippen LogP contribution is 2.34. The van der Waals surface area contributed by atoms with E-state index in [-0.39, 0.29) is 24.3 Å². The van der Waals surface area contributed by atoms with E-state index in [4.69, 9.17) is 5.11 Å². The Balaban J connectivity index is 2.40. The van der Waals surface area contributed by atoms with Crippen LogP contribution in [0, 0.1) is 16.0 Å². The summed E-state index contributed by atoms with van der Waals surface area (Å²) in [5.41, 5.74) is -0.101. The zero-order chi connectivity index (χ0) is 14.2. The van der Waals surface area contributed by atoms with Gasteiger partial charge in [-0.25, -0.2) is 0 Å². The Kier molecular flexibility index (Phi) is 3.52. The maximum atomic E-state index is 11.8. The van der Waals surface area contributed by atoms with E-state index in [0.717, 1.165) is 4.90 Å². The Morgan fingerprint density at radius 2 is 2.21 bits per heavy atom. The van der Waals surface area contributed by atoms with Crippen molar-refractivity contribution in [3.63, 3.8) is 0 Å². The van der Waals surface area contributed by atoms with Gasteiger partial charge in [-0.3, -0.25) is 19.7 Å². The van der Waals surface area contributed by atoms with Crippen LogP contribution in [0.15, 0.2) is 22.7 Å². The van der Waals surface area contributed by atoms with Gasteiger partial charge in [-0.1, -0.05) is 15.9 Å². The fourth-order valence-corrected chi connectivity index (χ4v) is 2.33. The van der Waals surface area contributed by atoms with Gasteiger partial charge in [0.25, 0.3) is 5.69 Å². The lowest BCUT2D eigenvalue weighted by Gasteiger charge is -2.16. The molecule has 0 saturated carbocycles. The predicted octanol–water partition coefficient (Wildman–Crippen LogP) is 1.79. The third kappa shape index (κ3) is 2.58. The molecule has 1 amide bonds. The van der Waals surface area contributed by atoms with Crippen LogP contribution in [-0.4, -0.2) is 28.5 Å². The third-order valence-electron chi connectivity index (χ3n) is 2.90. The van der Waals surface area contributed by atoms with Crippen LogP contribution in [0.4, 0.5) is 11.4 Å². The molecule has 1 saturated heterocycles. The first-order valence-corrected chi connectivity index (χ1v) is 6.16. The van der Waals surface area contributed by atoms with Gasteiger partial charge >= 0.3 is 5.97 Å². The van der Waals surface area contributed by atoms with Gasteiger partial charge in [-0.15, -0.1) is 0 Å². The number of rotatable bonds is 3. The molecule has 1 aromatic rings. The molecular formula is C11H9BrN2O5. The average molecular weight is 329 g/mol. The minimum absolute atomic E-state index is 0.0450. The standard InChI is InChI=1S/C11H9BrN2O5/c12-7-1-2-8(9(4-7)14(18)19)13-5-6(11(16)17)3-10(13)15/h1-2,4,6H,3,5H2,(H,16,17). The van der Waals surface area contributed by atoms with Gasteiger partial charge in [0.15, 0.2) is 0 Å². The smallest absolute Gasteiger partial charge is 0.308 e. The van der Waals surface area contributed by atoms with Crippen molar-refractivity contribution in [3.8, 4) is 0 Å². The number of carboxylic acid groups (broad SMARTS) is 1. The number of hydrogen-bond acceptors (Lipinski definition) is 4. The number of halogens is 1. The van der Waals surface area contributed by atoms with E-state index in [1.165, 1.54) is 12.1 Å². The van der Waals surface area contributed by atoms with E-state index in [1.54, 1.807) is 6.07 Å². The van der Waals surface area contributed by atoms with Crippen LogP contribution in [0.3, 0.4) is 0 Å². The van der Waals surface area contributed by atoms with Crippen LogP contribution in [0.2, 0.25) is 0 Å². The zero-order valence-corrected chi connectivity index (χ0v) is 11.2. The summed E-state index contributed by atoms with van der Waals surface area (Å²) in [6, 6.07) is 4.30. The molecule has 1 atom stereocenters. The van der Waals surface area contributed by atoms with E-state index in [2.05, 4.69) is 15.9 Å². The Morgan fingerprint density at radius 1 is 1.53 bits per heavy atom. The number of carbonyl (C=O) groups is 2. The molecule has 1 aliphatic heterocycles. The zero-order valence-electron chi connectivity index (χ0n) is 9.58. The van der Waals surface area contributed by atoms with Crippen molar-refractivity contribution >= 4 is 39.2 Å². The number of nitrogens with zero attached hydrogens (tertiary/aromatic N) is 2. The van der Waals surface area contributed by atoms with Crippen LogP contribution in [0.1, 0.15) is 6.42 Å². The fraction of sp³-hybridized carbons (Fsp3) is 0.273. The van der Waals surface area contributed by atoms with Crippen molar-refractivity contribution in [2.75, 3.05) is 11.4 Å². The average Bonchev–Trinajstić information content (AvgIpc) is 2.71. The van der Waals surface area contributed by atoms with Crippen molar-refractivity contribution in [2.24, 2.45) is 5.92 Å². The second-order valence-corrected chi connectivity index (χ2v) is 5.05. The molecule has 1 aromatic carbocycles. The quantitative estimate of drug-likeness (QED) is 0.673. The number of anilines is 1. The first-order chi connectivity index (χ1) is 8.90. The number of carboxylic acids is 1. The molecule has 0 spiro atoms. The van der Waals surface area contributed by atoms with Crippen molar-refractivity contribution in [1.82, 2.24) is 0 Å². The molecule has 1 N–H and O–H groups in total. The first kappa shape index (κ1) is 13.5. The minimum Gasteiger partial charge on any atom is -0.481 e. The summed E-state index contributed by atoms with van der Waals surface area (Å²) in [6.07, 6.45) is -0.136. The monoisotopic (exact) mass is 328 g/mol. The number of aliphatic carboxylic acids is 1. The predicted molar refractivity (Wildman–Crippen MR) is 68.9 cm³/mol. The first-order valence-electron chi connectivity index (χ1n) is 5.37. The molecule has 0 bridgehead atoms. The second kappa shape index (κ2) is 4.96. The Hall–Kier alpha value is -1.96. The van der Waals surface area contributed by atoms with Gasteiger partial charge in [0, 0.05) is 23.5 Å². The largest absolute Gasteiger partial charge is 0.481 e. The number of nitro benzene ring substituents is 1. The van der Waals surface area contributed by atoms with Gasteiger partial charge in [0.1, 0.15) is 5.69 Å². The lowest BCUT2D eigenvalue weighted by atomic mass is 10.1. The van der Waals surface area contributed by atoms with Crippen LogP contribution in [-0.2, 0) is 9.59 Å². The molecule has 1 heterocycles. The molecule has 100 valence electrons. The maximum Gasteiger partial charge on any atom is 0.308 e. The molecule has 0 aromatic heterocycles. The normalized spacial score (nSPS) is 18.7. The molecule has 7 nitrogen and oxygen atoms in total. The van der Waals surface area contributed by atoms with Crippen LogP contribution in [0.5, 0.6) is 0 Å². The summed E-state index contributed by atoms with van der Waals surface area (Å²) >= 11 is 3.12. The van der Waals surface area contributed by atoms with Crippen LogP contribution < -0.4 is 4.90 Å². The van der Waals surface area contributed by atoms with Crippen LogP contribution in [0.25, 0.3) is 0 Å². The Morgan fingerprint density at radius 3 is 2.74 bits per heavy atom. The summed E-state index contributed by atoms with van der Waals surface area (Å²) in [7, 11) is 0. The molecule has 1 fully saturated rings. The Bertz CT molecular complexity index is 574. The van der Waals surface area contributed by atoms with Crippen molar-refractivity contribution in [2.45, 2.75) is 6.42 Å².